The van der Waals surface area contributed by atoms with Gasteiger partial charge in [-0.05, 0) is 27.7 Å². The average molecular weight is 362 g/mol. The van der Waals surface area contributed by atoms with Crippen molar-refractivity contribution >= 4 is 22.3 Å². The highest BCUT2D eigenvalue weighted by molar-refractivity contribution is 7.19. The minimum atomic E-state index is -0.447. The highest BCUT2D eigenvalue weighted by Gasteiger charge is 2.44. The summed E-state index contributed by atoms with van der Waals surface area (Å²) in [4.78, 5) is 16.7. The Balaban J connectivity index is 1.80. The monoisotopic (exact) mass is 362 g/mol. The van der Waals surface area contributed by atoms with E-state index in [2.05, 4.69) is 10.3 Å². The second-order valence-electron chi connectivity index (χ2n) is 6.58. The van der Waals surface area contributed by atoms with Gasteiger partial charge >= 0.3 is 5.97 Å². The fraction of sp³-hybridized carbons (Fsp3) is 0.444. The van der Waals surface area contributed by atoms with Gasteiger partial charge in [0.15, 0.2) is 11.9 Å². The Morgan fingerprint density at radius 3 is 2.68 bits per heavy atom. The Morgan fingerprint density at radius 1 is 1.32 bits per heavy atom. The maximum atomic E-state index is 12.2. The highest BCUT2D eigenvalue weighted by atomic mass is 32.1. The van der Waals surface area contributed by atoms with Gasteiger partial charge in [0.25, 0.3) is 0 Å². The van der Waals surface area contributed by atoms with Crippen LogP contribution in [0, 0.1) is 0 Å². The molecule has 7 heteroatoms. The van der Waals surface area contributed by atoms with E-state index in [1.54, 1.807) is 6.92 Å². The second-order valence-corrected chi connectivity index (χ2v) is 7.58. The van der Waals surface area contributed by atoms with Crippen LogP contribution in [0.4, 0.5) is 5.00 Å². The number of esters is 1. The van der Waals surface area contributed by atoms with Gasteiger partial charge < -0.3 is 19.5 Å². The number of nitrogens with zero attached hydrogens (tertiary/aromatic N) is 1. The summed E-state index contributed by atoms with van der Waals surface area (Å²) in [5, 5.41) is 4.57. The number of aromatic nitrogens is 1. The van der Waals surface area contributed by atoms with Crippen LogP contribution in [0.5, 0.6) is 0 Å². The van der Waals surface area contributed by atoms with Gasteiger partial charge in [-0.15, -0.1) is 0 Å². The van der Waals surface area contributed by atoms with Gasteiger partial charge in [0, 0.05) is 5.56 Å². The molecule has 2 atom stereocenters. The van der Waals surface area contributed by atoms with E-state index in [1.165, 1.54) is 11.3 Å². The molecule has 25 heavy (non-hydrogen) atoms. The lowest BCUT2D eigenvalue weighted by atomic mass is 10.2. The zero-order valence-corrected chi connectivity index (χ0v) is 15.6. The van der Waals surface area contributed by atoms with E-state index in [-0.39, 0.29) is 23.8 Å². The van der Waals surface area contributed by atoms with Gasteiger partial charge in [0.2, 0.25) is 6.29 Å². The molecule has 2 heterocycles. The molecule has 0 bridgehead atoms. The molecule has 1 aromatic carbocycles. The number of epoxide rings is 1. The van der Waals surface area contributed by atoms with Gasteiger partial charge in [0.1, 0.15) is 10.0 Å². The van der Waals surface area contributed by atoms with Crippen LogP contribution in [0.2, 0.25) is 0 Å². The molecule has 2 aromatic rings. The largest absolute Gasteiger partial charge is 0.461 e. The van der Waals surface area contributed by atoms with Gasteiger partial charge in [-0.2, -0.15) is 0 Å². The Hall–Kier alpha value is -1.96. The molecule has 6 nitrogen and oxygen atoms in total. The molecule has 1 N–H and O–H groups in total. The van der Waals surface area contributed by atoms with Crippen molar-refractivity contribution in [3.05, 3.63) is 36.0 Å². The summed E-state index contributed by atoms with van der Waals surface area (Å²) < 4.78 is 16.4. The number of benzene rings is 1. The third-order valence-electron chi connectivity index (χ3n) is 3.31. The number of carbonyl (C=O) groups is 1. The van der Waals surface area contributed by atoms with E-state index in [9.17, 15) is 4.79 Å². The van der Waals surface area contributed by atoms with Crippen molar-refractivity contribution in [2.45, 2.75) is 45.8 Å². The Morgan fingerprint density at radius 2 is 2.04 bits per heavy atom. The van der Waals surface area contributed by atoms with Crippen molar-refractivity contribution in [3.8, 4) is 10.6 Å². The molecule has 1 saturated heterocycles. The summed E-state index contributed by atoms with van der Waals surface area (Å²) in [6.45, 7) is 7.97. The molecule has 3 rings (SSSR count). The molecular formula is C18H22N2O4S. The van der Waals surface area contributed by atoms with Crippen molar-refractivity contribution < 1.29 is 19.0 Å². The smallest absolute Gasteiger partial charge is 0.360 e. The number of hydrogen-bond donors (Lipinski definition) is 1. The van der Waals surface area contributed by atoms with E-state index in [0.717, 1.165) is 10.6 Å². The molecule has 1 aromatic heterocycles. The van der Waals surface area contributed by atoms with Crippen LogP contribution in [-0.4, -0.2) is 35.7 Å². The number of carbonyl (C=O) groups excluding carboxylic acids is 1. The first-order valence-corrected chi connectivity index (χ1v) is 9.02. The first kappa shape index (κ1) is 17.8. The van der Waals surface area contributed by atoms with Crippen molar-refractivity contribution in [1.82, 2.24) is 4.98 Å². The number of rotatable bonds is 6. The quantitative estimate of drug-likeness (QED) is 0.621. The maximum Gasteiger partial charge on any atom is 0.360 e. The number of anilines is 1. The normalized spacial score (nSPS) is 19.5. The van der Waals surface area contributed by atoms with Crippen LogP contribution in [0.3, 0.4) is 0 Å². The first-order valence-electron chi connectivity index (χ1n) is 8.20. The fourth-order valence-electron chi connectivity index (χ4n) is 2.23. The molecule has 0 saturated carbocycles. The molecule has 2 unspecified atom stereocenters. The summed E-state index contributed by atoms with van der Waals surface area (Å²) >= 11 is 1.40. The lowest BCUT2D eigenvalue weighted by Crippen LogP contribution is -2.23. The number of nitrogens with one attached hydrogen (secondary N) is 1. The van der Waals surface area contributed by atoms with Gasteiger partial charge in [-0.3, -0.25) is 0 Å². The molecule has 0 radical (unpaired) electrons. The summed E-state index contributed by atoms with van der Waals surface area (Å²) in [6, 6.07) is 9.72. The molecule has 1 aliphatic rings. The minimum absolute atomic E-state index is 0.274. The van der Waals surface area contributed by atoms with Crippen LogP contribution in [0.25, 0.3) is 10.6 Å². The fourth-order valence-corrected chi connectivity index (χ4v) is 3.21. The maximum absolute atomic E-state index is 12.2. The first-order chi connectivity index (χ1) is 11.9. The summed E-state index contributed by atoms with van der Waals surface area (Å²) in [5.41, 5.74) is 0.926. The molecule has 0 amide bonds. The molecule has 0 spiro atoms. The van der Waals surface area contributed by atoms with Gasteiger partial charge in [-0.25, -0.2) is 9.78 Å². The van der Waals surface area contributed by atoms with Gasteiger partial charge in [-0.1, -0.05) is 41.7 Å². The molecule has 0 aliphatic carbocycles. The topological polar surface area (TPSA) is 73.0 Å². The molecule has 1 aliphatic heterocycles. The molecule has 134 valence electrons. The Kier molecular flexibility index (Phi) is 5.08. The van der Waals surface area contributed by atoms with Crippen LogP contribution in [-0.2, 0) is 14.2 Å². The predicted molar refractivity (Wildman–Crippen MR) is 96.6 cm³/mol. The Labute approximate surface area is 151 Å². The van der Waals surface area contributed by atoms with E-state index < -0.39 is 5.97 Å². The standard InChI is InChI=1S/C18H22N2O4S/c1-5-22-16(21)12-15(20-13-17(23-13)24-18(2,3)4)25-14(19-12)11-9-7-6-8-10-11/h6-10,13,17,20H,5H2,1-4H3. The van der Waals surface area contributed by atoms with E-state index in [4.69, 9.17) is 14.2 Å². The van der Waals surface area contributed by atoms with E-state index in [0.29, 0.717) is 11.6 Å². The summed E-state index contributed by atoms with van der Waals surface area (Å²) in [5.74, 6) is -0.447. The van der Waals surface area contributed by atoms with Crippen molar-refractivity contribution in [2.24, 2.45) is 0 Å². The van der Waals surface area contributed by atoms with Gasteiger partial charge in [0.05, 0.1) is 12.2 Å². The highest BCUT2D eigenvalue weighted by Crippen LogP contribution is 2.36. The van der Waals surface area contributed by atoms with Crippen LogP contribution < -0.4 is 5.32 Å². The predicted octanol–water partition coefficient (Wildman–Crippen LogP) is 3.90. The van der Waals surface area contributed by atoms with Crippen LogP contribution >= 0.6 is 11.3 Å². The summed E-state index contributed by atoms with van der Waals surface area (Å²) in [6.07, 6.45) is -0.631. The number of hydrogen-bond acceptors (Lipinski definition) is 7. The summed E-state index contributed by atoms with van der Waals surface area (Å²) in [7, 11) is 0. The zero-order valence-electron chi connectivity index (χ0n) is 14.7. The third-order valence-corrected chi connectivity index (χ3v) is 4.35. The number of thiazole rings is 1. The van der Waals surface area contributed by atoms with Crippen molar-refractivity contribution in [3.63, 3.8) is 0 Å². The Bertz CT molecular complexity index is 739. The average Bonchev–Trinajstić information content (AvgIpc) is 3.10. The molecular weight excluding hydrogens is 340 g/mol. The SMILES string of the molecule is CCOC(=O)c1nc(-c2ccccc2)sc1NC1OC1OC(C)(C)C. The van der Waals surface area contributed by atoms with Crippen LogP contribution in [0.1, 0.15) is 38.2 Å². The number of ether oxygens (including phenoxy) is 3. The lowest BCUT2D eigenvalue weighted by molar-refractivity contribution is -0.0569. The third kappa shape index (κ3) is 4.56. The van der Waals surface area contributed by atoms with E-state index >= 15 is 0 Å². The van der Waals surface area contributed by atoms with Crippen LogP contribution in [0.15, 0.2) is 30.3 Å². The van der Waals surface area contributed by atoms with E-state index in [1.807, 2.05) is 51.1 Å². The van der Waals surface area contributed by atoms with Crippen molar-refractivity contribution in [2.75, 3.05) is 11.9 Å². The minimum Gasteiger partial charge on any atom is -0.461 e. The zero-order chi connectivity index (χ0) is 18.0. The van der Waals surface area contributed by atoms with Crippen molar-refractivity contribution in [1.29, 1.82) is 0 Å². The molecule has 1 fully saturated rings. The lowest BCUT2D eigenvalue weighted by Gasteiger charge is -2.17. The second kappa shape index (κ2) is 7.11.